The SMILES string of the molecule is CC(C)(C)c1ccnc(-n2c3cc(Oc4ccc5c(c4)-n4[c-][n+](-c6ccccc6)c6cccc(c64)[Si]5(C)C)ccc3c3c4c5c(cc32)N(c2ccccc2)c2ccccc2B5c2ccccc2N4c2ccccc2)c1. The minimum atomic E-state index is -2.13. The van der Waals surface area contributed by atoms with Crippen LogP contribution in [-0.4, -0.2) is 28.9 Å². The minimum Gasteiger partial charge on any atom is -0.458 e. The topological polar surface area (TPSA) is 42.3 Å². The van der Waals surface area contributed by atoms with Gasteiger partial charge in [-0.25, -0.2) is 4.98 Å². The molecule has 3 aromatic heterocycles. The number of benzene rings is 9. The first-order valence-electron chi connectivity index (χ1n) is 26.0. The van der Waals surface area contributed by atoms with Crippen molar-refractivity contribution in [1.82, 2.24) is 14.1 Å². The van der Waals surface area contributed by atoms with Gasteiger partial charge >= 0.3 is 0 Å². The van der Waals surface area contributed by atoms with Gasteiger partial charge in [0.2, 0.25) is 0 Å². The summed E-state index contributed by atoms with van der Waals surface area (Å²) in [6.45, 7) is 11.7. The molecule has 12 aromatic rings. The number of fused-ring (bicyclic) bond motifs is 10. The normalized spacial score (nSPS) is 14.0. The fourth-order valence-corrected chi connectivity index (χ4v) is 15.6. The van der Waals surface area contributed by atoms with E-state index in [1.54, 1.807) is 0 Å². The molecule has 7 nitrogen and oxygen atoms in total. The molecule has 358 valence electrons. The molecule has 0 aliphatic carbocycles. The van der Waals surface area contributed by atoms with Gasteiger partial charge < -0.3 is 14.5 Å². The predicted octanol–water partition coefficient (Wildman–Crippen LogP) is 12.5. The lowest BCUT2D eigenvalue weighted by Crippen LogP contribution is -2.61. The van der Waals surface area contributed by atoms with Gasteiger partial charge in [0.05, 0.1) is 39.1 Å². The Balaban J connectivity index is 0.997. The molecule has 3 aliphatic rings. The lowest BCUT2D eigenvalue weighted by atomic mass is 9.33. The Morgan fingerprint density at radius 1 is 0.560 bits per heavy atom. The van der Waals surface area contributed by atoms with E-state index in [2.05, 4.69) is 276 Å². The number of para-hydroxylation sites is 6. The van der Waals surface area contributed by atoms with Crippen LogP contribution in [0.25, 0.3) is 50.0 Å². The molecule has 0 amide bonds. The molecular weight excluding hydrogens is 932 g/mol. The quantitative estimate of drug-likeness (QED) is 0.0946. The molecule has 0 saturated carbocycles. The lowest BCUT2D eigenvalue weighted by Gasteiger charge is -2.44. The Morgan fingerprint density at radius 3 is 1.92 bits per heavy atom. The summed E-state index contributed by atoms with van der Waals surface area (Å²) in [7, 11) is -2.13. The molecule has 75 heavy (non-hydrogen) atoms. The first-order chi connectivity index (χ1) is 36.6. The highest BCUT2D eigenvalue weighted by Crippen LogP contribution is 2.50. The summed E-state index contributed by atoms with van der Waals surface area (Å²) in [6.07, 6.45) is 5.75. The Kier molecular flexibility index (Phi) is 9.33. The molecule has 0 bridgehead atoms. The molecule has 0 radical (unpaired) electrons. The lowest BCUT2D eigenvalue weighted by molar-refractivity contribution is -0.572. The third-order valence-corrected chi connectivity index (χ3v) is 19.6. The standard InChI is InChI=1S/C66H51BN6OSi/c1-66(2,3)43-36-37-68-61(38-43)73-55-39-47(74-48-33-35-59-56(40-48)70-42-69(44-20-9-6-10-21-44)54-30-19-31-60(64(54)70)75(59,4)5)32-34-49(55)62-57(73)41-58-63-65(62)72(46-24-13-8-14-25-46)53-29-18-16-27-51(53)67(63)50-26-15-17-28-52(50)71(58)45-22-11-7-12-23-45/h6-41H,1-5H3. The van der Waals surface area contributed by atoms with E-state index >= 15 is 0 Å². The van der Waals surface area contributed by atoms with Gasteiger partial charge in [-0.2, -0.15) is 0 Å². The van der Waals surface area contributed by atoms with Crippen molar-refractivity contribution in [2.75, 3.05) is 9.80 Å². The van der Waals surface area contributed by atoms with Crippen LogP contribution < -0.4 is 45.9 Å². The van der Waals surface area contributed by atoms with Crippen molar-refractivity contribution in [3.8, 4) is 28.7 Å². The maximum absolute atomic E-state index is 7.13. The highest BCUT2D eigenvalue weighted by Gasteiger charge is 2.45. The van der Waals surface area contributed by atoms with E-state index < -0.39 is 8.07 Å². The van der Waals surface area contributed by atoms with E-state index in [1.165, 1.54) is 54.9 Å². The molecule has 3 aliphatic heterocycles. The summed E-state index contributed by atoms with van der Waals surface area (Å²) in [5.74, 6) is 2.37. The van der Waals surface area contributed by atoms with Crippen molar-refractivity contribution in [3.05, 3.63) is 230 Å². The molecule has 9 aromatic carbocycles. The van der Waals surface area contributed by atoms with Gasteiger partial charge in [0.1, 0.15) is 25.4 Å². The van der Waals surface area contributed by atoms with Crippen molar-refractivity contribution < 1.29 is 9.30 Å². The van der Waals surface area contributed by atoms with Gasteiger partial charge in [0, 0.05) is 51.5 Å². The van der Waals surface area contributed by atoms with Crippen molar-refractivity contribution >= 4 is 109 Å². The van der Waals surface area contributed by atoms with E-state index in [4.69, 9.17) is 9.72 Å². The van der Waals surface area contributed by atoms with Gasteiger partial charge in [-0.1, -0.05) is 149 Å². The Labute approximate surface area is 437 Å². The number of imidazole rings is 1. The second kappa shape index (κ2) is 16.0. The smallest absolute Gasteiger partial charge is 0.269 e. The maximum Gasteiger partial charge on any atom is 0.269 e. The molecule has 0 spiro atoms. The summed E-state index contributed by atoms with van der Waals surface area (Å²) < 4.78 is 14.0. The number of aromatic nitrogens is 4. The van der Waals surface area contributed by atoms with Crippen LogP contribution in [0.1, 0.15) is 26.3 Å². The van der Waals surface area contributed by atoms with Crippen LogP contribution in [0.15, 0.2) is 219 Å². The molecule has 0 saturated heterocycles. The Morgan fingerprint density at radius 2 is 1.20 bits per heavy atom. The summed E-state index contributed by atoms with van der Waals surface area (Å²) in [5, 5.41) is 5.04. The average Bonchev–Trinajstić information content (AvgIpc) is 4.00. The van der Waals surface area contributed by atoms with Crippen LogP contribution in [0.5, 0.6) is 11.5 Å². The minimum absolute atomic E-state index is 0.0277. The molecule has 0 N–H and O–H groups in total. The molecular formula is C66H51BN6OSi. The third-order valence-electron chi connectivity index (χ3n) is 16.1. The summed E-state index contributed by atoms with van der Waals surface area (Å²) in [4.78, 5) is 10.2. The largest absolute Gasteiger partial charge is 0.458 e. The first-order valence-corrected chi connectivity index (χ1v) is 29.0. The van der Waals surface area contributed by atoms with Crippen molar-refractivity contribution in [3.63, 3.8) is 0 Å². The zero-order valence-electron chi connectivity index (χ0n) is 42.5. The third kappa shape index (κ3) is 6.41. The van der Waals surface area contributed by atoms with Crippen LogP contribution in [0.3, 0.4) is 0 Å². The van der Waals surface area contributed by atoms with Crippen molar-refractivity contribution in [1.29, 1.82) is 0 Å². The van der Waals surface area contributed by atoms with Crippen LogP contribution in [0.4, 0.5) is 34.1 Å². The average molecular weight is 983 g/mol. The fourth-order valence-electron chi connectivity index (χ4n) is 12.6. The number of hydrogen-bond acceptors (Lipinski definition) is 4. The van der Waals surface area contributed by atoms with E-state index in [-0.39, 0.29) is 12.1 Å². The Hall–Kier alpha value is -8.92. The molecule has 0 fully saturated rings. The zero-order valence-corrected chi connectivity index (χ0v) is 43.5. The highest BCUT2D eigenvalue weighted by molar-refractivity contribution is 7.02. The number of rotatable bonds is 6. The van der Waals surface area contributed by atoms with Gasteiger partial charge in [0.15, 0.2) is 0 Å². The number of nitrogens with zero attached hydrogens (tertiary/aromatic N) is 6. The molecule has 0 atom stereocenters. The van der Waals surface area contributed by atoms with E-state index in [0.717, 1.165) is 73.1 Å². The monoisotopic (exact) mass is 982 g/mol. The molecule has 15 rings (SSSR count). The highest BCUT2D eigenvalue weighted by atomic mass is 28.3. The van der Waals surface area contributed by atoms with E-state index in [1.807, 2.05) is 6.20 Å². The van der Waals surface area contributed by atoms with Crippen LogP contribution in [-0.2, 0) is 5.41 Å². The predicted molar refractivity (Wildman–Crippen MR) is 312 cm³/mol. The zero-order chi connectivity index (χ0) is 50.3. The van der Waals surface area contributed by atoms with Crippen LogP contribution >= 0.6 is 0 Å². The number of ether oxygens (including phenoxy) is 1. The fraction of sp³-hybridized carbons (Fsp3) is 0.0909. The maximum atomic E-state index is 7.13. The number of pyridine rings is 1. The summed E-state index contributed by atoms with van der Waals surface area (Å²) >= 11 is 0. The van der Waals surface area contributed by atoms with E-state index in [0.29, 0.717) is 0 Å². The van der Waals surface area contributed by atoms with Crippen molar-refractivity contribution in [2.45, 2.75) is 39.3 Å². The molecule has 9 heteroatoms. The van der Waals surface area contributed by atoms with Gasteiger partial charge in [-0.3, -0.25) is 13.7 Å². The van der Waals surface area contributed by atoms with Gasteiger partial charge in [0.25, 0.3) is 13.0 Å². The number of anilines is 6. The number of hydrogen-bond donors (Lipinski definition) is 0. The second-order valence-electron chi connectivity index (χ2n) is 21.8. The molecule has 0 unspecified atom stereocenters. The van der Waals surface area contributed by atoms with Crippen molar-refractivity contribution in [2.24, 2.45) is 0 Å². The van der Waals surface area contributed by atoms with Crippen LogP contribution in [0.2, 0.25) is 13.1 Å². The van der Waals surface area contributed by atoms with E-state index in [9.17, 15) is 0 Å². The molecule has 6 heterocycles. The first kappa shape index (κ1) is 43.6. The second-order valence-corrected chi connectivity index (χ2v) is 26.1. The Bertz CT molecular complexity index is 4300. The summed E-state index contributed by atoms with van der Waals surface area (Å²) in [6, 6.07) is 77.2. The van der Waals surface area contributed by atoms with Crippen LogP contribution in [0, 0.1) is 6.33 Å². The van der Waals surface area contributed by atoms with Gasteiger partial charge in [-0.15, -0.1) is 0 Å². The van der Waals surface area contributed by atoms with Gasteiger partial charge in [-0.05, 0) is 129 Å². The summed E-state index contributed by atoms with van der Waals surface area (Å²) in [5.41, 5.74) is 18.4.